The number of nitrogens with one attached hydrogen (secondary N) is 1. The molecule has 2 amide bonds. The van der Waals surface area contributed by atoms with Gasteiger partial charge < -0.3 is 15.2 Å². The Labute approximate surface area is 226 Å². The number of carboxylic acid groups (broad SMARTS) is 1. The molecule has 1 saturated heterocycles. The number of nitrogens with zero attached hydrogens (tertiary/aromatic N) is 1. The first kappa shape index (κ1) is 27.0. The molecule has 7 nitrogen and oxygen atoms in total. The number of ether oxygens (including phenoxy) is 1. The number of halogens is 2. The van der Waals surface area contributed by atoms with Crippen LogP contribution in [-0.2, 0) is 9.59 Å². The third-order valence-corrected chi connectivity index (χ3v) is 6.97. The highest BCUT2D eigenvalue weighted by Crippen LogP contribution is 2.33. The molecular weight excluding hydrogens is 534 g/mol. The quantitative estimate of drug-likeness (QED) is 0.278. The van der Waals surface area contributed by atoms with Crippen molar-refractivity contribution >= 4 is 57.8 Å². The molecule has 4 rings (SSSR count). The van der Waals surface area contributed by atoms with E-state index in [1.54, 1.807) is 30.3 Å². The molecule has 0 radical (unpaired) electrons. The van der Waals surface area contributed by atoms with Gasteiger partial charge in [0.05, 0.1) is 23.3 Å². The van der Waals surface area contributed by atoms with Crippen molar-refractivity contribution in [3.05, 3.63) is 88.3 Å². The predicted molar refractivity (Wildman–Crippen MR) is 145 cm³/mol. The number of aromatic carboxylic acids is 1. The van der Waals surface area contributed by atoms with Crippen molar-refractivity contribution in [1.29, 1.82) is 0 Å². The number of hydrogen-bond acceptors (Lipinski definition) is 6. The summed E-state index contributed by atoms with van der Waals surface area (Å²) in [5.41, 5.74) is 2.12. The van der Waals surface area contributed by atoms with Crippen LogP contribution in [0.3, 0.4) is 0 Å². The van der Waals surface area contributed by atoms with Gasteiger partial charge in [-0.1, -0.05) is 48.2 Å². The van der Waals surface area contributed by atoms with Crippen LogP contribution in [0.2, 0.25) is 0 Å². The van der Waals surface area contributed by atoms with Crippen LogP contribution in [0, 0.1) is 11.6 Å². The van der Waals surface area contributed by atoms with Gasteiger partial charge in [0.15, 0.2) is 11.6 Å². The van der Waals surface area contributed by atoms with Gasteiger partial charge in [-0.25, -0.2) is 13.6 Å². The summed E-state index contributed by atoms with van der Waals surface area (Å²) in [5.74, 6) is -3.58. The summed E-state index contributed by atoms with van der Waals surface area (Å²) in [6.45, 7) is 0.0399. The third-order valence-electron chi connectivity index (χ3n) is 5.60. The first-order chi connectivity index (χ1) is 18.2. The van der Waals surface area contributed by atoms with Crippen molar-refractivity contribution in [3.8, 4) is 16.9 Å². The Hall–Kier alpha value is -4.09. The molecule has 1 heterocycles. The van der Waals surface area contributed by atoms with E-state index in [-0.39, 0.29) is 30.2 Å². The van der Waals surface area contributed by atoms with E-state index >= 15 is 0 Å². The number of hydrogen-bond donors (Lipinski definition) is 2. The highest BCUT2D eigenvalue weighted by Gasteiger charge is 2.32. The van der Waals surface area contributed by atoms with Gasteiger partial charge in [0.25, 0.3) is 5.91 Å². The fourth-order valence-corrected chi connectivity index (χ4v) is 4.99. The van der Waals surface area contributed by atoms with Gasteiger partial charge in [0.2, 0.25) is 5.91 Å². The van der Waals surface area contributed by atoms with E-state index in [4.69, 9.17) is 22.1 Å². The fourth-order valence-electron chi connectivity index (χ4n) is 3.68. The lowest BCUT2D eigenvalue weighted by molar-refractivity contribution is -0.122. The van der Waals surface area contributed by atoms with Gasteiger partial charge in [0, 0.05) is 13.0 Å². The number of thiocarbonyl (C=S) groups is 1. The van der Waals surface area contributed by atoms with Crippen molar-refractivity contribution in [2.24, 2.45) is 0 Å². The molecule has 194 valence electrons. The molecule has 38 heavy (non-hydrogen) atoms. The number of rotatable bonds is 8. The van der Waals surface area contributed by atoms with Gasteiger partial charge in [-0.3, -0.25) is 14.5 Å². The van der Waals surface area contributed by atoms with Gasteiger partial charge in [-0.05, 0) is 59.2 Å². The molecule has 11 heteroatoms. The lowest BCUT2D eigenvalue weighted by Crippen LogP contribution is -2.31. The van der Waals surface area contributed by atoms with E-state index in [1.165, 1.54) is 36.3 Å². The van der Waals surface area contributed by atoms with E-state index in [9.17, 15) is 23.2 Å². The number of amides is 2. The standard InChI is InChI=1S/C27H20F2N2O5S2/c1-36-22-14-18(26(34)35)6-8-21(22)30-24(32)9-10-31-25(33)23(38-27(31)37)12-15-3-2-4-16(11-15)17-5-7-19(28)20(29)13-17/h2-8,11-14H,9-10H2,1H3,(H,30,32)(H,34,35). The second-order valence-corrected chi connectivity index (χ2v) is 9.78. The normalized spacial score (nSPS) is 14.2. The molecular formula is C27H20F2N2O5S2. The third kappa shape index (κ3) is 6.06. The number of anilines is 1. The highest BCUT2D eigenvalue weighted by atomic mass is 32.2. The average molecular weight is 555 g/mol. The molecule has 0 saturated carbocycles. The Morgan fingerprint density at radius 3 is 2.55 bits per heavy atom. The van der Waals surface area contributed by atoms with Crippen LogP contribution in [0.4, 0.5) is 14.5 Å². The van der Waals surface area contributed by atoms with Crippen LogP contribution < -0.4 is 10.1 Å². The summed E-state index contributed by atoms with van der Waals surface area (Å²) in [5, 5.41) is 11.8. The maximum Gasteiger partial charge on any atom is 0.335 e. The maximum absolute atomic E-state index is 13.7. The number of benzene rings is 3. The van der Waals surface area contributed by atoms with E-state index in [2.05, 4.69) is 5.32 Å². The number of thioether (sulfide) groups is 1. The van der Waals surface area contributed by atoms with Crippen LogP contribution in [0.15, 0.2) is 65.6 Å². The topological polar surface area (TPSA) is 95.9 Å². The van der Waals surface area contributed by atoms with Crippen molar-refractivity contribution in [2.45, 2.75) is 6.42 Å². The number of carboxylic acids is 1. The minimum absolute atomic E-state index is 0.0135. The van der Waals surface area contributed by atoms with Crippen LogP contribution in [0.25, 0.3) is 17.2 Å². The van der Waals surface area contributed by atoms with E-state index < -0.39 is 23.5 Å². The predicted octanol–water partition coefficient (Wildman–Crippen LogP) is 5.57. The summed E-state index contributed by atoms with van der Waals surface area (Å²) in [6.07, 6.45) is 1.59. The molecule has 0 aliphatic carbocycles. The molecule has 1 aliphatic rings. The van der Waals surface area contributed by atoms with Crippen LogP contribution in [0.1, 0.15) is 22.3 Å². The summed E-state index contributed by atoms with van der Waals surface area (Å²) in [7, 11) is 1.36. The molecule has 3 aromatic carbocycles. The Morgan fingerprint density at radius 1 is 1.08 bits per heavy atom. The second-order valence-electron chi connectivity index (χ2n) is 8.11. The lowest BCUT2D eigenvalue weighted by Gasteiger charge is -2.15. The van der Waals surface area contributed by atoms with Crippen LogP contribution >= 0.6 is 24.0 Å². The van der Waals surface area contributed by atoms with E-state index in [0.29, 0.717) is 31.6 Å². The summed E-state index contributed by atoms with van der Waals surface area (Å²) >= 11 is 6.44. The van der Waals surface area contributed by atoms with Crippen LogP contribution in [0.5, 0.6) is 5.75 Å². The molecule has 1 fully saturated rings. The Balaban J connectivity index is 1.42. The number of carbonyl (C=O) groups is 3. The monoisotopic (exact) mass is 554 g/mol. The van der Waals surface area contributed by atoms with Gasteiger partial charge in [-0.15, -0.1) is 0 Å². The molecule has 0 atom stereocenters. The lowest BCUT2D eigenvalue weighted by atomic mass is 10.0. The first-order valence-corrected chi connectivity index (χ1v) is 12.4. The van der Waals surface area contributed by atoms with Gasteiger partial charge >= 0.3 is 5.97 Å². The maximum atomic E-state index is 13.7. The second kappa shape index (κ2) is 11.5. The molecule has 1 aliphatic heterocycles. The molecule has 0 spiro atoms. The molecule has 0 bridgehead atoms. The van der Waals surface area contributed by atoms with E-state index in [1.807, 2.05) is 0 Å². The smallest absolute Gasteiger partial charge is 0.335 e. The first-order valence-electron chi connectivity index (χ1n) is 11.2. The zero-order chi connectivity index (χ0) is 27.4. The van der Waals surface area contributed by atoms with Crippen LogP contribution in [-0.4, -0.2) is 45.8 Å². The van der Waals surface area contributed by atoms with Crippen molar-refractivity contribution in [1.82, 2.24) is 4.90 Å². The molecule has 0 aromatic heterocycles. The molecule has 3 aromatic rings. The van der Waals surface area contributed by atoms with Crippen molar-refractivity contribution in [3.63, 3.8) is 0 Å². The number of carbonyl (C=O) groups excluding carboxylic acids is 2. The van der Waals surface area contributed by atoms with Gasteiger partial charge in [-0.2, -0.15) is 0 Å². The zero-order valence-electron chi connectivity index (χ0n) is 19.9. The van der Waals surface area contributed by atoms with E-state index in [0.717, 1.165) is 23.9 Å². The SMILES string of the molecule is COc1cc(C(=O)O)ccc1NC(=O)CCN1C(=O)C(=Cc2cccc(-c3ccc(F)c(F)c3)c2)SC1=S. The number of methoxy groups -OCH3 is 1. The minimum atomic E-state index is -1.13. The van der Waals surface area contributed by atoms with Gasteiger partial charge in [0.1, 0.15) is 10.1 Å². The summed E-state index contributed by atoms with van der Waals surface area (Å²) in [6, 6.07) is 14.7. The summed E-state index contributed by atoms with van der Waals surface area (Å²) in [4.78, 5) is 38.3. The Kier molecular flexibility index (Phi) is 8.18. The zero-order valence-corrected chi connectivity index (χ0v) is 21.5. The minimum Gasteiger partial charge on any atom is -0.495 e. The Morgan fingerprint density at radius 2 is 1.84 bits per heavy atom. The average Bonchev–Trinajstić information content (AvgIpc) is 3.16. The van der Waals surface area contributed by atoms with Crippen molar-refractivity contribution < 1.29 is 33.0 Å². The summed E-state index contributed by atoms with van der Waals surface area (Å²) < 4.78 is 32.4. The van der Waals surface area contributed by atoms with Crippen molar-refractivity contribution in [2.75, 3.05) is 19.0 Å². The molecule has 0 unspecified atom stereocenters. The highest BCUT2D eigenvalue weighted by molar-refractivity contribution is 8.26. The largest absolute Gasteiger partial charge is 0.495 e. The Bertz CT molecular complexity index is 1490. The fraction of sp³-hybridized carbons (Fsp3) is 0.111. The molecule has 2 N–H and O–H groups in total.